The van der Waals surface area contributed by atoms with Gasteiger partial charge in [0.2, 0.25) is 0 Å². The van der Waals surface area contributed by atoms with Gasteiger partial charge >= 0.3 is 0 Å². The first-order chi connectivity index (χ1) is 8.74. The molecule has 1 aromatic carbocycles. The van der Waals surface area contributed by atoms with E-state index in [0.717, 1.165) is 37.8 Å². The Labute approximate surface area is 114 Å². The van der Waals surface area contributed by atoms with Crippen LogP contribution in [0, 0.1) is 0 Å². The average molecular weight is 272 g/mol. The Kier molecular flexibility index (Phi) is 8.01. The van der Waals surface area contributed by atoms with E-state index in [1.807, 2.05) is 24.3 Å². The van der Waals surface area contributed by atoms with Gasteiger partial charge in [0.1, 0.15) is 0 Å². The molecule has 3 nitrogen and oxygen atoms in total. The molecule has 0 bridgehead atoms. The molecule has 102 valence electrons. The minimum atomic E-state index is 0.310. The standard InChI is InChI=1S/C14H22ClNO2/c1-12(13-4-6-14(15)7-5-13)16-8-11-18-10-3-9-17-2/h4-7,12,16H,3,8-11H2,1-2H3. The van der Waals surface area contributed by atoms with Crippen LogP contribution >= 0.6 is 11.6 Å². The van der Waals surface area contributed by atoms with Crippen molar-refractivity contribution in [1.82, 2.24) is 5.32 Å². The minimum absolute atomic E-state index is 0.310. The molecule has 0 aliphatic rings. The summed E-state index contributed by atoms with van der Waals surface area (Å²) in [5.74, 6) is 0. The quantitative estimate of drug-likeness (QED) is 0.701. The summed E-state index contributed by atoms with van der Waals surface area (Å²) in [5, 5.41) is 4.18. The maximum Gasteiger partial charge on any atom is 0.0591 e. The Morgan fingerprint density at radius 1 is 1.17 bits per heavy atom. The topological polar surface area (TPSA) is 30.5 Å². The van der Waals surface area contributed by atoms with Crippen molar-refractivity contribution in [3.63, 3.8) is 0 Å². The summed E-state index contributed by atoms with van der Waals surface area (Å²) in [6.07, 6.45) is 0.948. The van der Waals surface area contributed by atoms with E-state index in [0.29, 0.717) is 6.04 Å². The van der Waals surface area contributed by atoms with Crippen molar-refractivity contribution in [3.05, 3.63) is 34.9 Å². The molecule has 1 rings (SSSR count). The highest BCUT2D eigenvalue weighted by atomic mass is 35.5. The Morgan fingerprint density at radius 3 is 2.56 bits per heavy atom. The second-order valence-electron chi connectivity index (χ2n) is 4.19. The van der Waals surface area contributed by atoms with Gasteiger partial charge in [0.25, 0.3) is 0 Å². The summed E-state index contributed by atoms with van der Waals surface area (Å²) in [7, 11) is 1.70. The fourth-order valence-corrected chi connectivity index (χ4v) is 1.75. The van der Waals surface area contributed by atoms with Crippen molar-refractivity contribution in [1.29, 1.82) is 0 Å². The number of methoxy groups -OCH3 is 1. The van der Waals surface area contributed by atoms with Gasteiger partial charge in [0.15, 0.2) is 0 Å². The first-order valence-corrected chi connectivity index (χ1v) is 6.67. The Bertz CT molecular complexity index is 316. The molecule has 0 aliphatic heterocycles. The van der Waals surface area contributed by atoms with Crippen LogP contribution in [-0.4, -0.2) is 33.5 Å². The van der Waals surface area contributed by atoms with Crippen molar-refractivity contribution in [2.75, 3.05) is 33.5 Å². The molecule has 0 aromatic heterocycles. The fourth-order valence-electron chi connectivity index (χ4n) is 1.62. The number of halogens is 1. The van der Waals surface area contributed by atoms with Gasteiger partial charge in [-0.3, -0.25) is 0 Å². The zero-order valence-corrected chi connectivity index (χ0v) is 11.9. The summed E-state index contributed by atoms with van der Waals surface area (Å²) >= 11 is 5.85. The molecule has 1 atom stereocenters. The number of ether oxygens (including phenoxy) is 2. The Hall–Kier alpha value is -0.610. The van der Waals surface area contributed by atoms with Crippen LogP contribution in [0.5, 0.6) is 0 Å². The Morgan fingerprint density at radius 2 is 1.89 bits per heavy atom. The van der Waals surface area contributed by atoms with E-state index in [1.165, 1.54) is 5.56 Å². The van der Waals surface area contributed by atoms with Crippen LogP contribution < -0.4 is 5.32 Å². The number of hydrogen-bond acceptors (Lipinski definition) is 3. The van der Waals surface area contributed by atoms with Crippen LogP contribution in [0.15, 0.2) is 24.3 Å². The van der Waals surface area contributed by atoms with Crippen LogP contribution in [0.25, 0.3) is 0 Å². The van der Waals surface area contributed by atoms with Crippen LogP contribution in [0.2, 0.25) is 5.02 Å². The van der Waals surface area contributed by atoms with E-state index in [9.17, 15) is 0 Å². The maximum absolute atomic E-state index is 5.85. The highest BCUT2D eigenvalue weighted by Gasteiger charge is 2.03. The molecular formula is C14H22ClNO2. The third-order valence-corrected chi connectivity index (χ3v) is 2.96. The van der Waals surface area contributed by atoms with Crippen molar-refractivity contribution in [2.45, 2.75) is 19.4 Å². The van der Waals surface area contributed by atoms with Gasteiger partial charge in [-0.05, 0) is 31.0 Å². The third kappa shape index (κ3) is 6.36. The fraction of sp³-hybridized carbons (Fsp3) is 0.571. The van der Waals surface area contributed by atoms with Crippen molar-refractivity contribution < 1.29 is 9.47 Å². The summed E-state index contributed by atoms with van der Waals surface area (Å²) in [5.41, 5.74) is 1.23. The third-order valence-electron chi connectivity index (χ3n) is 2.70. The van der Waals surface area contributed by atoms with Gasteiger partial charge in [-0.25, -0.2) is 0 Å². The number of benzene rings is 1. The van der Waals surface area contributed by atoms with E-state index >= 15 is 0 Å². The summed E-state index contributed by atoms with van der Waals surface area (Å²) < 4.78 is 10.4. The SMILES string of the molecule is COCCCOCCNC(C)c1ccc(Cl)cc1. The number of rotatable bonds is 9. The van der Waals surface area contributed by atoms with Gasteiger partial charge in [-0.1, -0.05) is 23.7 Å². The molecule has 18 heavy (non-hydrogen) atoms. The lowest BCUT2D eigenvalue weighted by atomic mass is 10.1. The van der Waals surface area contributed by atoms with E-state index < -0.39 is 0 Å². The molecular weight excluding hydrogens is 250 g/mol. The predicted molar refractivity (Wildman–Crippen MR) is 75.2 cm³/mol. The van der Waals surface area contributed by atoms with Crippen LogP contribution in [0.4, 0.5) is 0 Å². The smallest absolute Gasteiger partial charge is 0.0591 e. The summed E-state index contributed by atoms with van der Waals surface area (Å²) in [4.78, 5) is 0. The molecule has 1 aromatic rings. The van der Waals surface area contributed by atoms with Gasteiger partial charge in [0.05, 0.1) is 6.61 Å². The first-order valence-electron chi connectivity index (χ1n) is 6.29. The molecule has 4 heteroatoms. The molecule has 1 unspecified atom stereocenters. The normalized spacial score (nSPS) is 12.6. The van der Waals surface area contributed by atoms with Crippen LogP contribution in [0.1, 0.15) is 24.9 Å². The van der Waals surface area contributed by atoms with Crippen molar-refractivity contribution in [3.8, 4) is 0 Å². The lowest BCUT2D eigenvalue weighted by Crippen LogP contribution is -2.23. The van der Waals surface area contributed by atoms with Gasteiger partial charge < -0.3 is 14.8 Å². The highest BCUT2D eigenvalue weighted by Crippen LogP contribution is 2.15. The zero-order valence-electron chi connectivity index (χ0n) is 11.1. The zero-order chi connectivity index (χ0) is 13.2. The van der Waals surface area contributed by atoms with E-state index in [2.05, 4.69) is 12.2 Å². The van der Waals surface area contributed by atoms with Gasteiger partial charge in [0, 0.05) is 37.9 Å². The average Bonchev–Trinajstić information content (AvgIpc) is 2.38. The monoisotopic (exact) mass is 271 g/mol. The maximum atomic E-state index is 5.85. The molecule has 0 saturated heterocycles. The molecule has 0 amide bonds. The van der Waals surface area contributed by atoms with Crippen LogP contribution in [0.3, 0.4) is 0 Å². The summed E-state index contributed by atoms with van der Waals surface area (Å²) in [6, 6.07) is 8.22. The van der Waals surface area contributed by atoms with Gasteiger partial charge in [-0.15, -0.1) is 0 Å². The van der Waals surface area contributed by atoms with E-state index in [1.54, 1.807) is 7.11 Å². The van der Waals surface area contributed by atoms with Gasteiger partial charge in [-0.2, -0.15) is 0 Å². The Balaban J connectivity index is 2.10. The largest absolute Gasteiger partial charge is 0.385 e. The molecule has 0 fully saturated rings. The molecule has 1 N–H and O–H groups in total. The molecule has 0 radical (unpaired) electrons. The van der Waals surface area contributed by atoms with E-state index in [4.69, 9.17) is 21.1 Å². The number of hydrogen-bond donors (Lipinski definition) is 1. The lowest BCUT2D eigenvalue weighted by molar-refractivity contribution is 0.103. The molecule has 0 heterocycles. The lowest BCUT2D eigenvalue weighted by Gasteiger charge is -2.14. The molecule has 0 saturated carbocycles. The van der Waals surface area contributed by atoms with Crippen molar-refractivity contribution in [2.24, 2.45) is 0 Å². The second kappa shape index (κ2) is 9.34. The van der Waals surface area contributed by atoms with Crippen LogP contribution in [-0.2, 0) is 9.47 Å². The molecule has 0 spiro atoms. The van der Waals surface area contributed by atoms with E-state index in [-0.39, 0.29) is 0 Å². The highest BCUT2D eigenvalue weighted by molar-refractivity contribution is 6.30. The minimum Gasteiger partial charge on any atom is -0.385 e. The second-order valence-corrected chi connectivity index (χ2v) is 4.62. The summed E-state index contributed by atoms with van der Waals surface area (Å²) in [6.45, 7) is 5.21. The first kappa shape index (κ1) is 15.4. The number of nitrogens with one attached hydrogen (secondary N) is 1. The molecule has 0 aliphatic carbocycles. The van der Waals surface area contributed by atoms with Crippen molar-refractivity contribution >= 4 is 11.6 Å². The predicted octanol–water partition coefficient (Wildman–Crippen LogP) is 3.04.